The number of urea groups is 1. The zero-order valence-electron chi connectivity index (χ0n) is 20.3. The van der Waals surface area contributed by atoms with Crippen molar-refractivity contribution >= 4 is 29.1 Å². The molecule has 0 spiro atoms. The van der Waals surface area contributed by atoms with Gasteiger partial charge in [-0.25, -0.2) is 14.8 Å². The molecule has 9 nitrogen and oxygen atoms in total. The number of piperazine rings is 1. The smallest absolute Gasteiger partial charge is 0.320 e. The summed E-state index contributed by atoms with van der Waals surface area (Å²) in [5.74, 6) is 1.30. The molecular formula is C25H34N6O3S. The predicted octanol–water partition coefficient (Wildman–Crippen LogP) is 2.91. The monoisotopic (exact) mass is 498 g/mol. The van der Waals surface area contributed by atoms with Crippen molar-refractivity contribution in [3.05, 3.63) is 40.5 Å². The number of pyridine rings is 1. The van der Waals surface area contributed by atoms with E-state index in [2.05, 4.69) is 9.88 Å². The molecule has 3 saturated heterocycles. The van der Waals surface area contributed by atoms with Gasteiger partial charge in [-0.1, -0.05) is 6.07 Å². The first-order valence-corrected chi connectivity index (χ1v) is 13.5. The lowest BCUT2D eigenvalue weighted by atomic mass is 9.98. The number of rotatable bonds is 5. The van der Waals surface area contributed by atoms with E-state index in [0.29, 0.717) is 31.3 Å². The number of aromatic nitrogens is 2. The molecule has 5 heterocycles. The molecule has 3 amide bonds. The van der Waals surface area contributed by atoms with Gasteiger partial charge >= 0.3 is 6.03 Å². The van der Waals surface area contributed by atoms with Crippen molar-refractivity contribution in [3.63, 3.8) is 0 Å². The quantitative estimate of drug-likeness (QED) is 0.631. The number of hydrogen-bond acceptors (Lipinski definition) is 7. The second kappa shape index (κ2) is 10.9. The van der Waals surface area contributed by atoms with Crippen LogP contribution in [-0.4, -0.2) is 102 Å². The van der Waals surface area contributed by atoms with E-state index in [1.807, 2.05) is 44.5 Å². The molecule has 2 aromatic heterocycles. The van der Waals surface area contributed by atoms with Gasteiger partial charge in [-0.15, -0.1) is 11.3 Å². The molecule has 3 fully saturated rings. The minimum Gasteiger partial charge on any atom is -0.383 e. The van der Waals surface area contributed by atoms with Crippen LogP contribution in [0.3, 0.4) is 0 Å². The Hall–Kier alpha value is -2.72. The fourth-order valence-corrected chi connectivity index (χ4v) is 6.34. The van der Waals surface area contributed by atoms with Crippen LogP contribution in [0, 0.1) is 0 Å². The van der Waals surface area contributed by atoms with Crippen LogP contribution in [0.2, 0.25) is 0 Å². The maximum atomic E-state index is 13.1. The molecule has 188 valence electrons. The summed E-state index contributed by atoms with van der Waals surface area (Å²) in [7, 11) is 1.68. The van der Waals surface area contributed by atoms with Crippen LogP contribution in [0.4, 0.5) is 10.6 Å². The molecule has 5 rings (SSSR count). The van der Waals surface area contributed by atoms with E-state index >= 15 is 0 Å². The molecule has 1 unspecified atom stereocenters. The van der Waals surface area contributed by atoms with Gasteiger partial charge in [0.25, 0.3) is 5.91 Å². The Kier molecular flexibility index (Phi) is 7.48. The Morgan fingerprint density at radius 3 is 2.51 bits per heavy atom. The Morgan fingerprint density at radius 1 is 1.03 bits per heavy atom. The van der Waals surface area contributed by atoms with E-state index in [1.165, 1.54) is 0 Å². The van der Waals surface area contributed by atoms with Gasteiger partial charge in [0.1, 0.15) is 11.5 Å². The Morgan fingerprint density at radius 2 is 1.80 bits per heavy atom. The van der Waals surface area contributed by atoms with E-state index in [-0.39, 0.29) is 18.0 Å². The van der Waals surface area contributed by atoms with Crippen molar-refractivity contribution in [3.8, 4) is 0 Å². The van der Waals surface area contributed by atoms with Crippen molar-refractivity contribution in [2.75, 3.05) is 64.4 Å². The maximum absolute atomic E-state index is 13.1. The molecular weight excluding hydrogens is 464 g/mol. The third-order valence-corrected chi connectivity index (χ3v) is 8.38. The molecule has 0 aliphatic carbocycles. The number of carbonyl (C=O) groups is 2. The highest BCUT2D eigenvalue weighted by Crippen LogP contribution is 2.32. The van der Waals surface area contributed by atoms with Gasteiger partial charge in [-0.2, -0.15) is 0 Å². The molecule has 0 N–H and O–H groups in total. The molecule has 0 saturated carbocycles. The molecule has 1 atom stereocenters. The zero-order valence-corrected chi connectivity index (χ0v) is 21.2. The molecule has 0 bridgehead atoms. The fourth-order valence-electron chi connectivity index (χ4n) is 5.37. The van der Waals surface area contributed by atoms with Crippen molar-refractivity contribution in [2.24, 2.45) is 0 Å². The molecule has 0 aromatic carbocycles. The van der Waals surface area contributed by atoms with Crippen molar-refractivity contribution in [2.45, 2.75) is 37.6 Å². The second-order valence-corrected chi connectivity index (χ2v) is 10.4. The topological polar surface area (TPSA) is 82.1 Å². The normalized spacial score (nSPS) is 21.6. The number of amides is 3. The van der Waals surface area contributed by atoms with Crippen LogP contribution in [0.1, 0.15) is 47.1 Å². The molecule has 0 radical (unpaired) electrons. The number of thiazole rings is 1. The minimum atomic E-state index is 0.0181. The van der Waals surface area contributed by atoms with Gasteiger partial charge in [0.2, 0.25) is 0 Å². The average molecular weight is 499 g/mol. The van der Waals surface area contributed by atoms with E-state index in [0.717, 1.165) is 69.2 Å². The minimum absolute atomic E-state index is 0.0181. The predicted molar refractivity (Wildman–Crippen MR) is 135 cm³/mol. The lowest BCUT2D eigenvalue weighted by Crippen LogP contribution is -2.54. The largest absolute Gasteiger partial charge is 0.383 e. The summed E-state index contributed by atoms with van der Waals surface area (Å²) < 4.78 is 5.29. The van der Waals surface area contributed by atoms with Gasteiger partial charge in [0, 0.05) is 70.4 Å². The summed E-state index contributed by atoms with van der Waals surface area (Å²) in [6.45, 7) is 5.85. The summed E-state index contributed by atoms with van der Waals surface area (Å²) >= 11 is 1.58. The van der Waals surface area contributed by atoms with Gasteiger partial charge in [-0.3, -0.25) is 4.79 Å². The Bertz CT molecular complexity index is 1000. The Balaban J connectivity index is 1.11. The number of methoxy groups -OCH3 is 1. The number of piperidine rings is 1. The van der Waals surface area contributed by atoms with Gasteiger partial charge in [0.15, 0.2) is 0 Å². The first-order valence-electron chi connectivity index (χ1n) is 12.6. The third kappa shape index (κ3) is 5.28. The number of carbonyl (C=O) groups excluding carboxylic acids is 2. The van der Waals surface area contributed by atoms with Crippen molar-refractivity contribution < 1.29 is 14.3 Å². The molecule has 10 heteroatoms. The average Bonchev–Trinajstić information content (AvgIpc) is 3.59. The van der Waals surface area contributed by atoms with E-state index in [4.69, 9.17) is 9.72 Å². The highest BCUT2D eigenvalue weighted by atomic mass is 32.1. The lowest BCUT2D eigenvalue weighted by molar-refractivity contribution is 0.0625. The van der Waals surface area contributed by atoms with E-state index in [9.17, 15) is 9.59 Å². The summed E-state index contributed by atoms with van der Waals surface area (Å²) in [4.78, 5) is 43.4. The standard InChI is InChI=1S/C25H34N6O3S/c1-34-17-20-5-4-10-31(20)24(32)21-18-35-23(27-21)19-7-11-29(12-8-19)25(33)30-15-13-28(14-16-30)22-6-2-3-9-26-22/h2-3,6,9,18-20H,4-5,7-8,10-17H2,1H3. The summed E-state index contributed by atoms with van der Waals surface area (Å²) in [6.07, 6.45) is 5.58. The zero-order chi connectivity index (χ0) is 24.2. The summed E-state index contributed by atoms with van der Waals surface area (Å²) in [5, 5.41) is 2.92. The van der Waals surface area contributed by atoms with Crippen molar-refractivity contribution in [1.29, 1.82) is 0 Å². The van der Waals surface area contributed by atoms with Crippen LogP contribution < -0.4 is 4.90 Å². The van der Waals surface area contributed by atoms with E-state index in [1.54, 1.807) is 18.4 Å². The number of nitrogens with zero attached hydrogens (tertiary/aromatic N) is 6. The fraction of sp³-hybridized carbons (Fsp3) is 0.600. The maximum Gasteiger partial charge on any atom is 0.320 e. The number of hydrogen-bond donors (Lipinski definition) is 0. The first-order chi connectivity index (χ1) is 17.1. The highest BCUT2D eigenvalue weighted by molar-refractivity contribution is 7.09. The third-order valence-electron chi connectivity index (χ3n) is 7.38. The van der Waals surface area contributed by atoms with Gasteiger partial charge in [-0.05, 0) is 37.8 Å². The highest BCUT2D eigenvalue weighted by Gasteiger charge is 2.33. The lowest BCUT2D eigenvalue weighted by Gasteiger charge is -2.39. The molecule has 3 aliphatic heterocycles. The Labute approximate surface area is 210 Å². The molecule has 35 heavy (non-hydrogen) atoms. The van der Waals surface area contributed by atoms with Crippen LogP contribution >= 0.6 is 11.3 Å². The van der Waals surface area contributed by atoms with Crippen LogP contribution in [-0.2, 0) is 4.74 Å². The number of likely N-dealkylation sites (tertiary alicyclic amines) is 2. The van der Waals surface area contributed by atoms with Gasteiger partial charge in [0.05, 0.1) is 17.7 Å². The number of ether oxygens (including phenoxy) is 1. The summed E-state index contributed by atoms with van der Waals surface area (Å²) in [5.41, 5.74) is 0.553. The van der Waals surface area contributed by atoms with Crippen LogP contribution in [0.15, 0.2) is 29.8 Å². The number of anilines is 1. The SMILES string of the molecule is COCC1CCCN1C(=O)c1csc(C2CCN(C(=O)N3CCN(c4ccccn4)CC3)CC2)n1. The van der Waals surface area contributed by atoms with E-state index < -0.39 is 0 Å². The van der Waals surface area contributed by atoms with Crippen molar-refractivity contribution in [1.82, 2.24) is 24.7 Å². The van der Waals surface area contributed by atoms with Gasteiger partial charge < -0.3 is 24.3 Å². The second-order valence-electron chi connectivity index (χ2n) is 9.53. The van der Waals surface area contributed by atoms with Crippen LogP contribution in [0.25, 0.3) is 0 Å². The first kappa shape index (κ1) is 24.0. The van der Waals surface area contributed by atoms with Crippen LogP contribution in [0.5, 0.6) is 0 Å². The summed E-state index contributed by atoms with van der Waals surface area (Å²) in [6, 6.07) is 6.22. The molecule has 3 aliphatic rings. The molecule has 2 aromatic rings.